The Kier molecular flexibility index (Phi) is 5.16. The number of carbonyl (C=O) groups excluding carboxylic acids is 3. The standard InChI is InChI=1S/C18H12Cl3N5O3/c19-9-1-4-11(5-2-9)22-14(27)8-25-16-15(23-24-25)17(28)26(18(16)29)13-6-3-10(20)7-12(13)21/h1-7,15-16H,8H2,(H,22,27)/t15-,16+/m1/s1. The van der Waals surface area contributed by atoms with E-state index >= 15 is 0 Å². The first-order valence-electron chi connectivity index (χ1n) is 8.41. The van der Waals surface area contributed by atoms with Crippen LogP contribution in [-0.4, -0.2) is 41.4 Å². The topological polar surface area (TPSA) is 94.4 Å². The molecule has 0 unspecified atom stereocenters. The molecular weight excluding hydrogens is 441 g/mol. The fourth-order valence-corrected chi connectivity index (χ4v) is 3.75. The number of fused-ring (bicyclic) bond motifs is 1. The smallest absolute Gasteiger partial charge is 0.263 e. The monoisotopic (exact) mass is 451 g/mol. The molecule has 148 valence electrons. The van der Waals surface area contributed by atoms with Gasteiger partial charge in [-0.15, -0.1) is 0 Å². The van der Waals surface area contributed by atoms with Gasteiger partial charge in [0.2, 0.25) is 5.91 Å². The number of halogens is 3. The Bertz CT molecular complexity index is 1040. The van der Waals surface area contributed by atoms with Gasteiger partial charge < -0.3 is 5.32 Å². The third-order valence-corrected chi connectivity index (χ3v) is 5.23. The molecule has 11 heteroatoms. The van der Waals surface area contributed by atoms with Crippen molar-refractivity contribution in [2.24, 2.45) is 10.3 Å². The van der Waals surface area contributed by atoms with Crippen molar-refractivity contribution in [1.29, 1.82) is 0 Å². The summed E-state index contributed by atoms with van der Waals surface area (Å²) in [7, 11) is 0. The molecule has 1 saturated heterocycles. The minimum absolute atomic E-state index is 0.156. The minimum Gasteiger partial charge on any atom is -0.324 e. The molecule has 2 aromatic rings. The molecule has 2 heterocycles. The maximum atomic E-state index is 12.9. The van der Waals surface area contributed by atoms with Crippen LogP contribution in [0, 0.1) is 0 Å². The zero-order chi connectivity index (χ0) is 20.7. The zero-order valence-corrected chi connectivity index (χ0v) is 16.8. The van der Waals surface area contributed by atoms with Gasteiger partial charge in [-0.2, -0.15) is 5.11 Å². The van der Waals surface area contributed by atoms with Crippen LogP contribution in [0.4, 0.5) is 11.4 Å². The molecule has 0 aromatic heterocycles. The molecule has 0 bridgehead atoms. The summed E-state index contributed by atoms with van der Waals surface area (Å²) in [6.07, 6.45) is 0. The Morgan fingerprint density at radius 2 is 1.69 bits per heavy atom. The lowest BCUT2D eigenvalue weighted by Gasteiger charge is -2.20. The van der Waals surface area contributed by atoms with Gasteiger partial charge in [0, 0.05) is 15.7 Å². The molecule has 2 aromatic carbocycles. The van der Waals surface area contributed by atoms with Crippen molar-refractivity contribution in [1.82, 2.24) is 5.01 Å². The number of hydrogen-bond acceptors (Lipinski definition) is 6. The Morgan fingerprint density at radius 3 is 2.38 bits per heavy atom. The molecule has 8 nitrogen and oxygen atoms in total. The summed E-state index contributed by atoms with van der Waals surface area (Å²) in [5, 5.41) is 12.6. The third-order valence-electron chi connectivity index (χ3n) is 4.44. The summed E-state index contributed by atoms with van der Waals surface area (Å²) in [4.78, 5) is 38.9. The maximum Gasteiger partial charge on any atom is 0.263 e. The van der Waals surface area contributed by atoms with Gasteiger partial charge in [0.1, 0.15) is 6.54 Å². The third kappa shape index (κ3) is 3.66. The summed E-state index contributed by atoms with van der Waals surface area (Å²) < 4.78 is 0. The van der Waals surface area contributed by atoms with Crippen LogP contribution in [0.5, 0.6) is 0 Å². The van der Waals surface area contributed by atoms with Crippen LogP contribution in [0.2, 0.25) is 15.1 Å². The number of benzene rings is 2. The van der Waals surface area contributed by atoms with Crippen molar-refractivity contribution in [2.45, 2.75) is 12.1 Å². The lowest BCUT2D eigenvalue weighted by molar-refractivity contribution is -0.123. The molecule has 1 N–H and O–H groups in total. The first kappa shape index (κ1) is 19.6. The van der Waals surface area contributed by atoms with Crippen LogP contribution in [0.3, 0.4) is 0 Å². The Labute approximate surface area is 180 Å². The minimum atomic E-state index is -1.03. The lowest BCUT2D eigenvalue weighted by Crippen LogP contribution is -2.43. The van der Waals surface area contributed by atoms with E-state index in [1.807, 2.05) is 0 Å². The Balaban J connectivity index is 1.50. The van der Waals surface area contributed by atoms with Crippen molar-refractivity contribution >= 4 is 63.9 Å². The van der Waals surface area contributed by atoms with E-state index < -0.39 is 29.8 Å². The lowest BCUT2D eigenvalue weighted by atomic mass is 10.1. The zero-order valence-electron chi connectivity index (χ0n) is 14.6. The Hall–Kier alpha value is -2.68. The molecule has 1 fully saturated rings. The van der Waals surface area contributed by atoms with Gasteiger partial charge >= 0.3 is 0 Å². The van der Waals surface area contributed by atoms with E-state index in [-0.39, 0.29) is 17.3 Å². The number of amides is 3. The highest BCUT2D eigenvalue weighted by Gasteiger charge is 2.55. The Morgan fingerprint density at radius 1 is 1.00 bits per heavy atom. The average Bonchev–Trinajstić information content (AvgIpc) is 3.18. The van der Waals surface area contributed by atoms with Crippen LogP contribution >= 0.6 is 34.8 Å². The molecule has 0 radical (unpaired) electrons. The normalized spacial score (nSPS) is 20.4. The highest BCUT2D eigenvalue weighted by Crippen LogP contribution is 2.36. The number of rotatable bonds is 4. The first-order valence-corrected chi connectivity index (χ1v) is 9.54. The highest BCUT2D eigenvalue weighted by atomic mass is 35.5. The predicted molar refractivity (Wildman–Crippen MR) is 108 cm³/mol. The summed E-state index contributed by atoms with van der Waals surface area (Å²) in [5.74, 6) is -1.54. The van der Waals surface area contributed by atoms with Crippen LogP contribution in [-0.2, 0) is 14.4 Å². The SMILES string of the molecule is O=C(CN1N=N[C@H]2C(=O)N(c3ccc(Cl)cc3Cl)C(=O)[C@H]21)Nc1ccc(Cl)cc1. The van der Waals surface area contributed by atoms with E-state index in [9.17, 15) is 14.4 Å². The molecule has 0 saturated carbocycles. The van der Waals surface area contributed by atoms with Crippen LogP contribution < -0.4 is 10.2 Å². The predicted octanol–water partition coefficient (Wildman–Crippen LogP) is 3.58. The van der Waals surface area contributed by atoms with Crippen molar-refractivity contribution in [3.05, 3.63) is 57.5 Å². The van der Waals surface area contributed by atoms with Gasteiger partial charge in [0.15, 0.2) is 12.1 Å². The number of imide groups is 1. The van der Waals surface area contributed by atoms with Crippen molar-refractivity contribution in [3.8, 4) is 0 Å². The van der Waals surface area contributed by atoms with E-state index in [0.29, 0.717) is 15.7 Å². The quantitative estimate of drug-likeness (QED) is 0.717. The largest absolute Gasteiger partial charge is 0.324 e. The fraction of sp³-hybridized carbons (Fsp3) is 0.167. The molecular formula is C18H12Cl3N5O3. The van der Waals surface area contributed by atoms with Crippen LogP contribution in [0.25, 0.3) is 0 Å². The van der Waals surface area contributed by atoms with Crippen LogP contribution in [0.15, 0.2) is 52.8 Å². The average molecular weight is 453 g/mol. The van der Waals surface area contributed by atoms with E-state index in [1.165, 1.54) is 23.2 Å². The second-order valence-electron chi connectivity index (χ2n) is 6.35. The second-order valence-corrected chi connectivity index (χ2v) is 7.63. The van der Waals surface area contributed by atoms with Gasteiger partial charge in [-0.1, -0.05) is 40.0 Å². The summed E-state index contributed by atoms with van der Waals surface area (Å²) in [6.45, 7) is -0.255. The fourth-order valence-electron chi connectivity index (χ4n) is 3.13. The van der Waals surface area contributed by atoms with Gasteiger partial charge in [-0.25, -0.2) is 4.90 Å². The maximum absolute atomic E-state index is 12.9. The number of hydrogen-bond donors (Lipinski definition) is 1. The second kappa shape index (κ2) is 7.62. The summed E-state index contributed by atoms with van der Waals surface area (Å²) in [6, 6.07) is 8.96. The van der Waals surface area contributed by atoms with E-state index in [1.54, 1.807) is 24.3 Å². The molecule has 3 amide bonds. The van der Waals surface area contributed by atoms with Crippen molar-refractivity contribution in [2.75, 3.05) is 16.8 Å². The van der Waals surface area contributed by atoms with E-state index in [0.717, 1.165) is 4.90 Å². The number of nitrogens with zero attached hydrogens (tertiary/aromatic N) is 4. The van der Waals surface area contributed by atoms with E-state index in [2.05, 4.69) is 15.7 Å². The molecule has 2 aliphatic heterocycles. The number of carbonyl (C=O) groups is 3. The van der Waals surface area contributed by atoms with Crippen molar-refractivity contribution in [3.63, 3.8) is 0 Å². The summed E-state index contributed by atoms with van der Waals surface area (Å²) in [5.41, 5.74) is 0.747. The molecule has 2 atom stereocenters. The first-order chi connectivity index (χ1) is 13.8. The molecule has 4 rings (SSSR count). The molecule has 29 heavy (non-hydrogen) atoms. The van der Waals surface area contributed by atoms with Gasteiger partial charge in [-0.05, 0) is 42.5 Å². The number of nitrogens with one attached hydrogen (secondary N) is 1. The molecule has 0 aliphatic carbocycles. The van der Waals surface area contributed by atoms with Gasteiger partial charge in [0.05, 0.1) is 10.7 Å². The van der Waals surface area contributed by atoms with E-state index in [4.69, 9.17) is 34.8 Å². The van der Waals surface area contributed by atoms with Gasteiger partial charge in [-0.3, -0.25) is 19.4 Å². The van der Waals surface area contributed by atoms with Crippen molar-refractivity contribution < 1.29 is 14.4 Å². The van der Waals surface area contributed by atoms with Gasteiger partial charge in [0.25, 0.3) is 11.8 Å². The summed E-state index contributed by atoms with van der Waals surface area (Å²) >= 11 is 17.8. The van der Waals surface area contributed by atoms with Crippen LogP contribution in [0.1, 0.15) is 0 Å². The molecule has 0 spiro atoms. The molecule has 2 aliphatic rings. The number of anilines is 2. The highest BCUT2D eigenvalue weighted by molar-refractivity contribution is 6.38.